The SMILES string of the molecule is CC(C)(C)n1ccc(C(=O)N2CCC[C@H](CCc3ccccc3)C2)c1. The van der Waals surface area contributed by atoms with Crippen LogP contribution in [0, 0.1) is 5.92 Å². The van der Waals surface area contributed by atoms with Gasteiger partial charge in [0.15, 0.2) is 0 Å². The molecule has 1 aliphatic rings. The van der Waals surface area contributed by atoms with Crippen LogP contribution in [-0.2, 0) is 12.0 Å². The van der Waals surface area contributed by atoms with Gasteiger partial charge < -0.3 is 9.47 Å². The molecule has 1 atom stereocenters. The number of likely N-dealkylation sites (tertiary alicyclic amines) is 1. The highest BCUT2D eigenvalue weighted by Crippen LogP contribution is 2.24. The fourth-order valence-electron chi connectivity index (χ4n) is 3.62. The number of aromatic nitrogens is 1. The predicted molar refractivity (Wildman–Crippen MR) is 103 cm³/mol. The van der Waals surface area contributed by atoms with E-state index in [1.54, 1.807) is 0 Å². The van der Waals surface area contributed by atoms with Crippen molar-refractivity contribution in [2.75, 3.05) is 13.1 Å². The number of carbonyl (C=O) groups is 1. The summed E-state index contributed by atoms with van der Waals surface area (Å²) in [5.41, 5.74) is 2.23. The molecular formula is C22H30N2O. The summed E-state index contributed by atoms with van der Waals surface area (Å²) < 4.78 is 2.12. The normalized spacial score (nSPS) is 18.4. The van der Waals surface area contributed by atoms with Crippen LogP contribution in [0.2, 0.25) is 0 Å². The van der Waals surface area contributed by atoms with Gasteiger partial charge in [0.25, 0.3) is 5.91 Å². The van der Waals surface area contributed by atoms with Crippen molar-refractivity contribution >= 4 is 5.91 Å². The number of nitrogens with zero attached hydrogens (tertiary/aromatic N) is 2. The second-order valence-electron chi connectivity index (χ2n) is 8.26. The average Bonchev–Trinajstić information content (AvgIpc) is 3.11. The molecule has 0 unspecified atom stereocenters. The number of amides is 1. The molecule has 25 heavy (non-hydrogen) atoms. The van der Waals surface area contributed by atoms with E-state index in [4.69, 9.17) is 0 Å². The first-order chi connectivity index (χ1) is 11.9. The van der Waals surface area contributed by atoms with Gasteiger partial charge in [-0.15, -0.1) is 0 Å². The first-order valence-electron chi connectivity index (χ1n) is 9.45. The van der Waals surface area contributed by atoms with E-state index in [1.807, 2.05) is 18.5 Å². The van der Waals surface area contributed by atoms with Crippen LogP contribution in [0.5, 0.6) is 0 Å². The van der Waals surface area contributed by atoms with Crippen molar-refractivity contribution in [2.45, 2.75) is 52.0 Å². The molecule has 3 rings (SSSR count). The lowest BCUT2D eigenvalue weighted by Crippen LogP contribution is -2.40. The maximum absolute atomic E-state index is 12.9. The summed E-state index contributed by atoms with van der Waals surface area (Å²) in [7, 11) is 0. The smallest absolute Gasteiger partial charge is 0.255 e. The van der Waals surface area contributed by atoms with Gasteiger partial charge in [-0.25, -0.2) is 0 Å². The minimum absolute atomic E-state index is 0.0125. The highest BCUT2D eigenvalue weighted by Gasteiger charge is 2.25. The minimum Gasteiger partial charge on any atom is -0.348 e. The maximum atomic E-state index is 12.9. The average molecular weight is 338 g/mol. The summed E-state index contributed by atoms with van der Waals surface area (Å²) in [6.07, 6.45) is 8.63. The molecule has 0 aliphatic carbocycles. The van der Waals surface area contributed by atoms with E-state index in [-0.39, 0.29) is 11.4 Å². The van der Waals surface area contributed by atoms with Gasteiger partial charge >= 0.3 is 0 Å². The van der Waals surface area contributed by atoms with Gasteiger partial charge in [-0.1, -0.05) is 30.3 Å². The Morgan fingerprint density at radius 3 is 2.60 bits per heavy atom. The van der Waals surface area contributed by atoms with Crippen molar-refractivity contribution in [3.05, 3.63) is 59.9 Å². The standard InChI is InChI=1S/C22H30N2O/c1-22(2,3)24-15-13-20(17-24)21(25)23-14-7-10-19(16-23)12-11-18-8-5-4-6-9-18/h4-6,8-9,13,15,17,19H,7,10-12,14,16H2,1-3H3/t19-/m1/s1. The molecule has 0 bridgehead atoms. The zero-order valence-electron chi connectivity index (χ0n) is 15.7. The molecule has 0 N–H and O–H groups in total. The van der Waals surface area contributed by atoms with Gasteiger partial charge in [0, 0.05) is 31.0 Å². The summed E-state index contributed by atoms with van der Waals surface area (Å²) >= 11 is 0. The summed E-state index contributed by atoms with van der Waals surface area (Å²) in [6, 6.07) is 12.6. The van der Waals surface area contributed by atoms with Crippen LogP contribution in [0.3, 0.4) is 0 Å². The molecule has 2 aromatic rings. The Morgan fingerprint density at radius 2 is 1.92 bits per heavy atom. The number of piperidine rings is 1. The second-order valence-corrected chi connectivity index (χ2v) is 8.26. The lowest BCUT2D eigenvalue weighted by molar-refractivity contribution is 0.0668. The van der Waals surface area contributed by atoms with Gasteiger partial charge in [-0.2, -0.15) is 0 Å². The highest BCUT2D eigenvalue weighted by molar-refractivity contribution is 5.94. The van der Waals surface area contributed by atoms with Crippen molar-refractivity contribution in [2.24, 2.45) is 5.92 Å². The zero-order valence-corrected chi connectivity index (χ0v) is 15.7. The summed E-state index contributed by atoms with van der Waals surface area (Å²) in [5, 5.41) is 0. The Labute approximate surface area is 151 Å². The molecular weight excluding hydrogens is 308 g/mol. The number of rotatable bonds is 4. The third-order valence-corrected chi connectivity index (χ3v) is 5.20. The van der Waals surface area contributed by atoms with Gasteiger partial charge in [-0.05, 0) is 64.0 Å². The lowest BCUT2D eigenvalue weighted by atomic mass is 9.91. The van der Waals surface area contributed by atoms with Gasteiger partial charge in [0.2, 0.25) is 0 Å². The van der Waals surface area contributed by atoms with E-state index in [0.717, 1.165) is 37.9 Å². The molecule has 3 heteroatoms. The Kier molecular flexibility index (Phi) is 5.31. The molecule has 0 saturated carbocycles. The van der Waals surface area contributed by atoms with Gasteiger partial charge in [0.05, 0.1) is 5.56 Å². The number of benzene rings is 1. The van der Waals surface area contributed by atoms with Crippen molar-refractivity contribution in [1.82, 2.24) is 9.47 Å². The largest absolute Gasteiger partial charge is 0.348 e. The van der Waals surface area contributed by atoms with E-state index in [2.05, 4.69) is 60.6 Å². The van der Waals surface area contributed by atoms with Crippen LogP contribution in [0.15, 0.2) is 48.8 Å². The molecule has 3 nitrogen and oxygen atoms in total. The number of hydrogen-bond acceptors (Lipinski definition) is 1. The summed E-state index contributed by atoms with van der Waals surface area (Å²) in [5.74, 6) is 0.801. The van der Waals surface area contributed by atoms with Crippen LogP contribution < -0.4 is 0 Å². The van der Waals surface area contributed by atoms with Crippen LogP contribution in [0.1, 0.15) is 56.0 Å². The van der Waals surface area contributed by atoms with E-state index in [1.165, 1.54) is 12.0 Å². The molecule has 0 radical (unpaired) electrons. The van der Waals surface area contributed by atoms with E-state index in [9.17, 15) is 4.79 Å². The zero-order chi connectivity index (χ0) is 17.9. The Morgan fingerprint density at radius 1 is 1.16 bits per heavy atom. The molecule has 2 heterocycles. The van der Waals surface area contributed by atoms with Gasteiger partial charge in [-0.3, -0.25) is 4.79 Å². The Hall–Kier alpha value is -2.03. The predicted octanol–water partition coefficient (Wildman–Crippen LogP) is 4.73. The first kappa shape index (κ1) is 17.8. The number of hydrogen-bond donors (Lipinski definition) is 0. The Balaban J connectivity index is 1.59. The third-order valence-electron chi connectivity index (χ3n) is 5.20. The van der Waals surface area contributed by atoms with E-state index < -0.39 is 0 Å². The second kappa shape index (κ2) is 7.47. The summed E-state index contributed by atoms with van der Waals surface area (Å²) in [4.78, 5) is 14.9. The van der Waals surface area contributed by atoms with Gasteiger partial charge in [0.1, 0.15) is 0 Å². The van der Waals surface area contributed by atoms with Crippen molar-refractivity contribution in [3.63, 3.8) is 0 Å². The molecule has 1 fully saturated rings. The number of carbonyl (C=O) groups excluding carboxylic acids is 1. The molecule has 1 aromatic heterocycles. The molecule has 1 aliphatic heterocycles. The fraction of sp³-hybridized carbons (Fsp3) is 0.500. The van der Waals surface area contributed by atoms with E-state index in [0.29, 0.717) is 5.92 Å². The third kappa shape index (κ3) is 4.53. The quantitative estimate of drug-likeness (QED) is 0.791. The van der Waals surface area contributed by atoms with Crippen LogP contribution in [-0.4, -0.2) is 28.5 Å². The van der Waals surface area contributed by atoms with Crippen LogP contribution in [0.4, 0.5) is 0 Å². The molecule has 0 spiro atoms. The molecule has 134 valence electrons. The lowest BCUT2D eigenvalue weighted by Gasteiger charge is -2.32. The molecule has 1 amide bonds. The Bertz CT molecular complexity index is 696. The van der Waals surface area contributed by atoms with Crippen molar-refractivity contribution in [3.8, 4) is 0 Å². The van der Waals surface area contributed by atoms with E-state index >= 15 is 0 Å². The highest BCUT2D eigenvalue weighted by atomic mass is 16.2. The maximum Gasteiger partial charge on any atom is 0.255 e. The van der Waals surface area contributed by atoms with Crippen LogP contribution in [0.25, 0.3) is 0 Å². The van der Waals surface area contributed by atoms with Crippen molar-refractivity contribution in [1.29, 1.82) is 0 Å². The monoisotopic (exact) mass is 338 g/mol. The minimum atomic E-state index is 0.0125. The summed E-state index contributed by atoms with van der Waals surface area (Å²) in [6.45, 7) is 8.25. The van der Waals surface area contributed by atoms with Crippen molar-refractivity contribution < 1.29 is 4.79 Å². The van der Waals surface area contributed by atoms with Crippen LogP contribution >= 0.6 is 0 Å². The fourth-order valence-corrected chi connectivity index (χ4v) is 3.62. The number of aryl methyl sites for hydroxylation is 1. The molecule has 1 saturated heterocycles. The molecule has 1 aromatic carbocycles. The first-order valence-corrected chi connectivity index (χ1v) is 9.45. The topological polar surface area (TPSA) is 25.2 Å².